The molecule has 3 heterocycles. The van der Waals surface area contributed by atoms with E-state index in [1.54, 1.807) is 12.1 Å². The van der Waals surface area contributed by atoms with Crippen LogP contribution in [-0.4, -0.2) is 31.3 Å². The van der Waals surface area contributed by atoms with Crippen LogP contribution in [0.25, 0.3) is 11.5 Å². The van der Waals surface area contributed by atoms with E-state index in [-0.39, 0.29) is 23.9 Å². The molecule has 4 aromatic rings. The highest BCUT2D eigenvalue weighted by atomic mass is 19.1. The number of hydrogen-bond donors (Lipinski definition) is 1. The van der Waals surface area contributed by atoms with E-state index in [0.29, 0.717) is 6.54 Å². The monoisotopic (exact) mass is 483 g/mol. The predicted octanol–water partition coefficient (Wildman–Crippen LogP) is 6.06. The van der Waals surface area contributed by atoms with Crippen LogP contribution in [0.1, 0.15) is 60.7 Å². The Kier molecular flexibility index (Phi) is 5.83. The van der Waals surface area contributed by atoms with Gasteiger partial charge in [-0.15, -0.1) is 0 Å². The number of carbonyl (C=O) groups is 1. The molecule has 1 N–H and O–H groups in total. The standard InChI is InChI=1S/C29H30FN5O/c1-20-25-19-34(29(36)31-23-9-4-2-5-10-23)27(21-14-16-22(30)17-15-21)26-13-8-18-33(26)28(25)35(32-20)24-11-6-3-7-12-24/h3,6-8,11-18,23,27H,2,4-5,9-10,19H2,1H3,(H,31,36)/t27-/m0/s1. The Hall–Kier alpha value is -3.87. The second-order valence-electron chi connectivity index (χ2n) is 9.80. The summed E-state index contributed by atoms with van der Waals surface area (Å²) in [4.78, 5) is 15.8. The topological polar surface area (TPSA) is 55.1 Å². The number of halogens is 1. The minimum Gasteiger partial charge on any atom is -0.335 e. The molecule has 1 aliphatic carbocycles. The average Bonchev–Trinajstić information content (AvgIpc) is 3.46. The van der Waals surface area contributed by atoms with Crippen molar-refractivity contribution in [1.82, 2.24) is 24.6 Å². The third-order valence-electron chi connectivity index (χ3n) is 7.47. The minimum atomic E-state index is -0.375. The number of amides is 2. The van der Waals surface area contributed by atoms with E-state index < -0.39 is 0 Å². The van der Waals surface area contributed by atoms with E-state index in [2.05, 4.69) is 9.88 Å². The highest BCUT2D eigenvalue weighted by molar-refractivity contribution is 5.76. The number of aromatic nitrogens is 3. The van der Waals surface area contributed by atoms with E-state index in [1.165, 1.54) is 18.6 Å². The molecular weight excluding hydrogens is 453 g/mol. The van der Waals surface area contributed by atoms with E-state index in [0.717, 1.165) is 59.7 Å². The fourth-order valence-corrected chi connectivity index (χ4v) is 5.65. The Morgan fingerprint density at radius 3 is 2.47 bits per heavy atom. The van der Waals surface area contributed by atoms with Crippen molar-refractivity contribution < 1.29 is 9.18 Å². The van der Waals surface area contributed by atoms with Gasteiger partial charge >= 0.3 is 6.03 Å². The van der Waals surface area contributed by atoms with E-state index in [1.807, 2.05) is 65.2 Å². The first-order valence-electron chi connectivity index (χ1n) is 12.7. The van der Waals surface area contributed by atoms with Gasteiger partial charge in [0.15, 0.2) is 0 Å². The zero-order valence-electron chi connectivity index (χ0n) is 20.4. The van der Waals surface area contributed by atoms with Gasteiger partial charge in [0.25, 0.3) is 0 Å². The maximum absolute atomic E-state index is 13.9. The van der Waals surface area contributed by atoms with Gasteiger partial charge in [0.1, 0.15) is 11.6 Å². The molecule has 0 unspecified atom stereocenters. The van der Waals surface area contributed by atoms with Crippen LogP contribution in [-0.2, 0) is 6.54 Å². The molecule has 0 bridgehead atoms. The van der Waals surface area contributed by atoms with Crippen LogP contribution in [0.15, 0.2) is 72.9 Å². The minimum absolute atomic E-state index is 0.0938. The summed E-state index contributed by atoms with van der Waals surface area (Å²) in [5.41, 5.74) is 4.65. The largest absolute Gasteiger partial charge is 0.335 e. The number of nitrogens with one attached hydrogen (secondary N) is 1. The van der Waals surface area contributed by atoms with Gasteiger partial charge in [0, 0.05) is 17.8 Å². The Morgan fingerprint density at radius 2 is 1.72 bits per heavy atom. The molecule has 6 nitrogen and oxygen atoms in total. The summed E-state index contributed by atoms with van der Waals surface area (Å²) < 4.78 is 18.0. The zero-order valence-corrected chi connectivity index (χ0v) is 20.4. The highest BCUT2D eigenvalue weighted by Crippen LogP contribution is 2.38. The number of nitrogens with zero attached hydrogens (tertiary/aromatic N) is 4. The van der Waals surface area contributed by atoms with E-state index in [4.69, 9.17) is 5.10 Å². The van der Waals surface area contributed by atoms with E-state index in [9.17, 15) is 9.18 Å². The first kappa shape index (κ1) is 22.6. The van der Waals surface area contributed by atoms with Crippen molar-refractivity contribution in [3.63, 3.8) is 0 Å². The Balaban J connectivity index is 1.50. The number of urea groups is 1. The van der Waals surface area contributed by atoms with Crippen molar-refractivity contribution in [2.75, 3.05) is 0 Å². The van der Waals surface area contributed by atoms with Crippen LogP contribution in [0, 0.1) is 12.7 Å². The molecule has 1 aliphatic heterocycles. The van der Waals surface area contributed by atoms with Crippen molar-refractivity contribution in [3.8, 4) is 11.5 Å². The fraction of sp³-hybridized carbons (Fsp3) is 0.310. The Bertz CT molecular complexity index is 1370. The average molecular weight is 484 g/mol. The van der Waals surface area contributed by atoms with Crippen molar-refractivity contribution in [3.05, 3.63) is 101 Å². The first-order chi connectivity index (χ1) is 17.6. The molecule has 0 saturated heterocycles. The van der Waals surface area contributed by atoms with Gasteiger partial charge in [0.2, 0.25) is 0 Å². The molecule has 2 aliphatic rings. The summed E-state index contributed by atoms with van der Waals surface area (Å²) in [6, 6.07) is 20.3. The number of aryl methyl sites for hydroxylation is 1. The summed E-state index contributed by atoms with van der Waals surface area (Å²) in [7, 11) is 0. The maximum atomic E-state index is 13.9. The van der Waals surface area contributed by atoms with Crippen molar-refractivity contribution in [2.45, 2.75) is 57.7 Å². The number of hydrogen-bond acceptors (Lipinski definition) is 2. The lowest BCUT2D eigenvalue weighted by molar-refractivity contribution is 0.173. The fourth-order valence-electron chi connectivity index (χ4n) is 5.65. The predicted molar refractivity (Wildman–Crippen MR) is 137 cm³/mol. The molecule has 1 saturated carbocycles. The summed E-state index contributed by atoms with van der Waals surface area (Å²) >= 11 is 0. The lowest BCUT2D eigenvalue weighted by atomic mass is 9.95. The lowest BCUT2D eigenvalue weighted by Crippen LogP contribution is -2.46. The van der Waals surface area contributed by atoms with Gasteiger partial charge in [-0.25, -0.2) is 13.9 Å². The van der Waals surface area contributed by atoms with E-state index >= 15 is 0 Å². The van der Waals surface area contributed by atoms with Gasteiger partial charge in [-0.3, -0.25) is 0 Å². The third kappa shape index (κ3) is 3.98. The second-order valence-corrected chi connectivity index (χ2v) is 9.80. The highest BCUT2D eigenvalue weighted by Gasteiger charge is 2.36. The number of carbonyl (C=O) groups excluding carboxylic acids is 1. The van der Waals surface area contributed by atoms with Crippen LogP contribution >= 0.6 is 0 Å². The molecule has 0 radical (unpaired) electrons. The zero-order chi connectivity index (χ0) is 24.6. The molecule has 2 aromatic heterocycles. The summed E-state index contributed by atoms with van der Waals surface area (Å²) in [5, 5.41) is 8.21. The molecule has 1 atom stereocenters. The quantitative estimate of drug-likeness (QED) is 0.385. The maximum Gasteiger partial charge on any atom is 0.318 e. The van der Waals surface area contributed by atoms with Gasteiger partial charge < -0.3 is 14.8 Å². The van der Waals surface area contributed by atoms with Gasteiger partial charge in [-0.05, 0) is 61.7 Å². The first-order valence-corrected chi connectivity index (χ1v) is 12.7. The second kappa shape index (κ2) is 9.30. The van der Waals surface area contributed by atoms with Crippen LogP contribution in [0.5, 0.6) is 0 Å². The number of benzene rings is 2. The van der Waals surface area contributed by atoms with Crippen LogP contribution < -0.4 is 5.32 Å². The molecular formula is C29H30FN5O. The Morgan fingerprint density at radius 1 is 0.972 bits per heavy atom. The van der Waals surface area contributed by atoms with Crippen LogP contribution in [0.4, 0.5) is 9.18 Å². The summed E-state index contributed by atoms with van der Waals surface area (Å²) in [5.74, 6) is 0.638. The van der Waals surface area contributed by atoms with Gasteiger partial charge in [-0.2, -0.15) is 5.10 Å². The van der Waals surface area contributed by atoms with Crippen molar-refractivity contribution in [2.24, 2.45) is 0 Å². The molecule has 184 valence electrons. The van der Waals surface area contributed by atoms with Gasteiger partial charge in [-0.1, -0.05) is 49.6 Å². The normalized spacial score (nSPS) is 17.8. The lowest BCUT2D eigenvalue weighted by Gasteiger charge is -2.33. The van der Waals surface area contributed by atoms with Crippen LogP contribution in [0.2, 0.25) is 0 Å². The number of rotatable bonds is 3. The SMILES string of the molecule is Cc1nn(-c2ccccc2)c2c1CN(C(=O)NC1CCCCC1)[C@@H](c1ccc(F)cc1)c1cccn1-2. The Labute approximate surface area is 210 Å². The molecule has 6 rings (SSSR count). The van der Waals surface area contributed by atoms with Gasteiger partial charge in [0.05, 0.1) is 29.7 Å². The molecule has 36 heavy (non-hydrogen) atoms. The van der Waals surface area contributed by atoms with Crippen LogP contribution in [0.3, 0.4) is 0 Å². The molecule has 2 aromatic carbocycles. The number of fused-ring (bicyclic) bond motifs is 3. The van der Waals surface area contributed by atoms with Crippen molar-refractivity contribution >= 4 is 6.03 Å². The smallest absolute Gasteiger partial charge is 0.318 e. The third-order valence-corrected chi connectivity index (χ3v) is 7.47. The summed E-state index contributed by atoms with van der Waals surface area (Å²) in [6.07, 6.45) is 7.54. The molecule has 7 heteroatoms. The molecule has 2 amide bonds. The molecule has 0 spiro atoms. The summed E-state index contributed by atoms with van der Waals surface area (Å²) in [6.45, 7) is 2.40. The number of para-hydroxylation sites is 1. The molecule has 1 fully saturated rings. The van der Waals surface area contributed by atoms with Crippen molar-refractivity contribution in [1.29, 1.82) is 0 Å².